The number of primary amides is 1. The van der Waals surface area contributed by atoms with Gasteiger partial charge in [0, 0.05) is 18.1 Å². The van der Waals surface area contributed by atoms with Crippen molar-refractivity contribution in [2.75, 3.05) is 0 Å². The summed E-state index contributed by atoms with van der Waals surface area (Å²) in [5.74, 6) is -0.173. The molecule has 23 heavy (non-hydrogen) atoms. The molecule has 1 aromatic heterocycles. The van der Waals surface area contributed by atoms with Crippen molar-refractivity contribution in [3.05, 3.63) is 35.7 Å². The lowest BCUT2D eigenvalue weighted by molar-refractivity contribution is -0.120. The van der Waals surface area contributed by atoms with Gasteiger partial charge in [-0.2, -0.15) is 0 Å². The molecule has 0 unspecified atom stereocenters. The number of rotatable bonds is 6. The van der Waals surface area contributed by atoms with Crippen LogP contribution in [0.1, 0.15) is 36.5 Å². The number of nitrogens with one attached hydrogen (secondary N) is 1. The van der Waals surface area contributed by atoms with Gasteiger partial charge in [0.2, 0.25) is 17.7 Å². The molecular formula is C16H20N4O3. The van der Waals surface area contributed by atoms with Crippen LogP contribution in [-0.2, 0) is 4.79 Å². The summed E-state index contributed by atoms with van der Waals surface area (Å²) in [5.41, 5.74) is 6.41. The maximum absolute atomic E-state index is 12.4. The highest BCUT2D eigenvalue weighted by Gasteiger charge is 2.24. The molecule has 1 heterocycles. The summed E-state index contributed by atoms with van der Waals surface area (Å²) in [6.45, 7) is 5.50. The van der Waals surface area contributed by atoms with Gasteiger partial charge in [-0.1, -0.05) is 26.3 Å². The van der Waals surface area contributed by atoms with Crippen molar-refractivity contribution in [1.82, 2.24) is 15.5 Å². The van der Waals surface area contributed by atoms with Crippen molar-refractivity contribution in [2.24, 2.45) is 11.7 Å². The van der Waals surface area contributed by atoms with E-state index in [-0.39, 0.29) is 11.8 Å². The fraction of sp³-hybridized carbons (Fsp3) is 0.375. The Morgan fingerprint density at radius 3 is 2.65 bits per heavy atom. The van der Waals surface area contributed by atoms with Crippen molar-refractivity contribution >= 4 is 11.8 Å². The number of carbonyl (C=O) groups is 2. The number of aryl methyl sites for hydroxylation is 1. The lowest BCUT2D eigenvalue weighted by atomic mass is 9.98. The van der Waals surface area contributed by atoms with E-state index in [9.17, 15) is 9.59 Å². The zero-order valence-electron chi connectivity index (χ0n) is 13.4. The van der Waals surface area contributed by atoms with Crippen molar-refractivity contribution in [3.8, 4) is 11.5 Å². The topological polar surface area (TPSA) is 111 Å². The Morgan fingerprint density at radius 1 is 1.35 bits per heavy atom. The van der Waals surface area contributed by atoms with E-state index >= 15 is 0 Å². The van der Waals surface area contributed by atoms with Crippen LogP contribution in [0.4, 0.5) is 0 Å². The third kappa shape index (κ3) is 3.94. The van der Waals surface area contributed by atoms with E-state index < -0.39 is 11.9 Å². The largest absolute Gasteiger partial charge is 0.421 e. The first-order chi connectivity index (χ1) is 10.9. The first-order valence-corrected chi connectivity index (χ1v) is 7.43. The van der Waals surface area contributed by atoms with Crippen LogP contribution in [0.2, 0.25) is 0 Å². The highest BCUT2D eigenvalue weighted by atomic mass is 16.4. The van der Waals surface area contributed by atoms with Crippen molar-refractivity contribution in [3.63, 3.8) is 0 Å². The van der Waals surface area contributed by atoms with Gasteiger partial charge in [-0.15, -0.1) is 10.2 Å². The summed E-state index contributed by atoms with van der Waals surface area (Å²) in [7, 11) is 0. The summed E-state index contributed by atoms with van der Waals surface area (Å²) < 4.78 is 5.35. The molecule has 0 aliphatic carbocycles. The lowest BCUT2D eigenvalue weighted by Crippen LogP contribution is -2.48. The summed E-state index contributed by atoms with van der Waals surface area (Å²) in [4.78, 5) is 23.9. The van der Waals surface area contributed by atoms with Gasteiger partial charge in [0.05, 0.1) is 0 Å². The van der Waals surface area contributed by atoms with Gasteiger partial charge in [0.1, 0.15) is 6.04 Å². The van der Waals surface area contributed by atoms with Gasteiger partial charge >= 0.3 is 0 Å². The third-order valence-electron chi connectivity index (χ3n) is 3.70. The van der Waals surface area contributed by atoms with Gasteiger partial charge < -0.3 is 15.5 Å². The molecule has 122 valence electrons. The Hall–Kier alpha value is -2.70. The number of aromatic nitrogens is 2. The number of benzene rings is 1. The molecule has 0 saturated heterocycles. The molecule has 0 saturated carbocycles. The van der Waals surface area contributed by atoms with E-state index in [4.69, 9.17) is 10.2 Å². The van der Waals surface area contributed by atoms with E-state index in [1.807, 2.05) is 13.8 Å². The summed E-state index contributed by atoms with van der Waals surface area (Å²) in [6, 6.07) is 6.06. The number of carbonyl (C=O) groups excluding carboxylic acids is 2. The van der Waals surface area contributed by atoms with Crippen molar-refractivity contribution in [1.29, 1.82) is 0 Å². The van der Waals surface area contributed by atoms with Gasteiger partial charge in [0.25, 0.3) is 5.91 Å². The van der Waals surface area contributed by atoms with Crippen LogP contribution >= 0.6 is 0 Å². The highest BCUT2D eigenvalue weighted by molar-refractivity contribution is 5.98. The zero-order valence-corrected chi connectivity index (χ0v) is 13.4. The summed E-state index contributed by atoms with van der Waals surface area (Å²) in [5, 5.41) is 10.4. The van der Waals surface area contributed by atoms with Crippen LogP contribution in [0.5, 0.6) is 0 Å². The predicted molar refractivity (Wildman–Crippen MR) is 84.4 cm³/mol. The van der Waals surface area contributed by atoms with Crippen LogP contribution in [0.15, 0.2) is 28.7 Å². The first kappa shape index (κ1) is 16.7. The second-order valence-electron chi connectivity index (χ2n) is 5.45. The molecule has 2 atom stereocenters. The average Bonchev–Trinajstić information content (AvgIpc) is 2.98. The maximum Gasteiger partial charge on any atom is 0.251 e. The Labute approximate surface area is 134 Å². The lowest BCUT2D eigenvalue weighted by Gasteiger charge is -2.21. The fourth-order valence-corrected chi connectivity index (χ4v) is 2.16. The van der Waals surface area contributed by atoms with Crippen LogP contribution in [0, 0.1) is 12.8 Å². The van der Waals surface area contributed by atoms with Crippen LogP contribution in [0.3, 0.4) is 0 Å². The molecular weight excluding hydrogens is 296 g/mol. The summed E-state index contributed by atoms with van der Waals surface area (Å²) in [6.07, 6.45) is 0.731. The van der Waals surface area contributed by atoms with E-state index in [1.54, 1.807) is 31.2 Å². The predicted octanol–water partition coefficient (Wildman–Crippen LogP) is 1.67. The van der Waals surface area contributed by atoms with Gasteiger partial charge in [-0.25, -0.2) is 0 Å². The quantitative estimate of drug-likeness (QED) is 0.842. The summed E-state index contributed by atoms with van der Waals surface area (Å²) >= 11 is 0. The number of hydrogen-bond donors (Lipinski definition) is 2. The Morgan fingerprint density at radius 2 is 2.09 bits per heavy atom. The molecule has 2 rings (SSSR count). The minimum atomic E-state index is -0.707. The van der Waals surface area contributed by atoms with Crippen LogP contribution < -0.4 is 11.1 Å². The molecule has 0 radical (unpaired) electrons. The second-order valence-corrected chi connectivity index (χ2v) is 5.45. The molecule has 0 aliphatic rings. The first-order valence-electron chi connectivity index (χ1n) is 7.43. The number of nitrogens with two attached hydrogens (primary N) is 1. The van der Waals surface area contributed by atoms with E-state index in [2.05, 4.69) is 15.5 Å². The molecule has 0 spiro atoms. The van der Waals surface area contributed by atoms with Crippen molar-refractivity contribution < 1.29 is 14.0 Å². The van der Waals surface area contributed by atoms with E-state index in [1.165, 1.54) is 0 Å². The minimum Gasteiger partial charge on any atom is -0.421 e. The van der Waals surface area contributed by atoms with Crippen LogP contribution in [0.25, 0.3) is 11.5 Å². The maximum atomic E-state index is 12.4. The Balaban J connectivity index is 2.21. The van der Waals surface area contributed by atoms with Crippen molar-refractivity contribution in [2.45, 2.75) is 33.2 Å². The van der Waals surface area contributed by atoms with Gasteiger partial charge in [-0.05, 0) is 24.1 Å². The Kier molecular flexibility index (Phi) is 5.10. The molecule has 7 heteroatoms. The third-order valence-corrected chi connectivity index (χ3v) is 3.70. The molecule has 1 aromatic carbocycles. The number of amides is 2. The number of nitrogens with zero attached hydrogens (tertiary/aromatic N) is 2. The standard InChI is InChI=1S/C16H20N4O3/c1-4-9(2)13(14(17)21)18-15(22)11-6-5-7-12(8-11)16-20-19-10(3)23-16/h5-9,13H,4H2,1-3H3,(H2,17,21)(H,18,22)/t9-,13+/m0/s1. The molecule has 0 aliphatic heterocycles. The monoisotopic (exact) mass is 316 g/mol. The van der Waals surface area contributed by atoms with Crippen LogP contribution in [-0.4, -0.2) is 28.1 Å². The van der Waals surface area contributed by atoms with E-state index in [0.717, 1.165) is 6.42 Å². The molecule has 2 amide bonds. The van der Waals surface area contributed by atoms with E-state index in [0.29, 0.717) is 22.9 Å². The van der Waals surface area contributed by atoms with Gasteiger partial charge in [0.15, 0.2) is 0 Å². The normalized spacial score (nSPS) is 13.3. The SMILES string of the molecule is CC[C@H](C)[C@@H](NC(=O)c1cccc(-c2nnc(C)o2)c1)C(N)=O. The highest BCUT2D eigenvalue weighted by Crippen LogP contribution is 2.19. The van der Waals surface area contributed by atoms with Gasteiger partial charge in [-0.3, -0.25) is 9.59 Å². The smallest absolute Gasteiger partial charge is 0.251 e. The molecule has 0 bridgehead atoms. The fourth-order valence-electron chi connectivity index (χ4n) is 2.16. The second kappa shape index (κ2) is 7.04. The minimum absolute atomic E-state index is 0.0433. The molecule has 2 aromatic rings. The number of hydrogen-bond acceptors (Lipinski definition) is 5. The molecule has 7 nitrogen and oxygen atoms in total. The average molecular weight is 316 g/mol. The molecule has 0 fully saturated rings. The zero-order chi connectivity index (χ0) is 17.0. The Bertz CT molecular complexity index is 711. The molecule has 3 N–H and O–H groups in total.